The summed E-state index contributed by atoms with van der Waals surface area (Å²) in [4.78, 5) is 0. The summed E-state index contributed by atoms with van der Waals surface area (Å²) in [5, 5.41) is 3.09. The molecule has 1 aromatic rings. The fraction of sp³-hybridized carbons (Fsp3) is 0.333. The lowest BCUT2D eigenvalue weighted by Gasteiger charge is -2.18. The quantitative estimate of drug-likeness (QED) is 0.737. The van der Waals surface area contributed by atoms with Gasteiger partial charge in [-0.3, -0.25) is 0 Å². The maximum Gasteiger partial charge on any atom is 0.0135 e. The van der Waals surface area contributed by atoms with Crippen LogP contribution in [0.2, 0.25) is 0 Å². The van der Waals surface area contributed by atoms with E-state index in [1.54, 1.807) is 0 Å². The third kappa shape index (κ3) is 1.81. The topological polar surface area (TPSA) is 12.0 Å². The van der Waals surface area contributed by atoms with Crippen LogP contribution in [0.25, 0.3) is 6.08 Å². The molecule has 68 valence electrons. The summed E-state index contributed by atoms with van der Waals surface area (Å²) in [6.45, 7) is 0.942. The normalized spacial score (nSPS) is 14.2. The molecule has 0 unspecified atom stereocenters. The molecule has 1 heteroatoms. The first kappa shape index (κ1) is 8.52. The van der Waals surface area contributed by atoms with Crippen LogP contribution in [-0.2, 0) is 12.8 Å². The highest BCUT2D eigenvalue weighted by Gasteiger charge is 2.11. The molecular weight excluding hydrogens is 158 g/mol. The highest BCUT2D eigenvalue weighted by Crippen LogP contribution is 2.23. The van der Waals surface area contributed by atoms with E-state index in [1.807, 2.05) is 7.05 Å². The molecule has 0 bridgehead atoms. The molecule has 2 rings (SSSR count). The molecule has 0 aromatic heterocycles. The predicted molar refractivity (Wildman–Crippen MR) is 56.8 cm³/mol. The molecule has 0 saturated carbocycles. The molecule has 1 aromatic carbocycles. The highest BCUT2D eigenvalue weighted by molar-refractivity contribution is 5.53. The molecular formula is C12H15N. The van der Waals surface area contributed by atoms with E-state index in [9.17, 15) is 0 Å². The first-order valence-corrected chi connectivity index (χ1v) is 4.83. The third-order valence-corrected chi connectivity index (χ3v) is 2.53. The van der Waals surface area contributed by atoms with E-state index in [1.165, 1.54) is 29.5 Å². The number of aryl methyl sites for hydroxylation is 2. The van der Waals surface area contributed by atoms with Crippen LogP contribution in [0.1, 0.15) is 16.7 Å². The molecule has 1 nitrogen and oxygen atoms in total. The lowest BCUT2D eigenvalue weighted by atomic mass is 9.87. The molecule has 0 saturated heterocycles. The van der Waals surface area contributed by atoms with Gasteiger partial charge in [0.15, 0.2) is 0 Å². The number of nitrogens with one attached hydrogen (secondary N) is 1. The number of likely N-dealkylation sites (N-methyl/N-ethyl adjacent to an activating group) is 1. The van der Waals surface area contributed by atoms with Crippen LogP contribution in [0.4, 0.5) is 0 Å². The predicted octanol–water partition coefficient (Wildman–Crippen LogP) is 2.02. The number of fused-ring (bicyclic) bond motifs is 1. The Bertz CT molecular complexity index is 326. The van der Waals surface area contributed by atoms with Gasteiger partial charge in [-0.2, -0.15) is 0 Å². The van der Waals surface area contributed by atoms with Gasteiger partial charge in [0.2, 0.25) is 0 Å². The summed E-state index contributed by atoms with van der Waals surface area (Å²) in [5.74, 6) is 0. The van der Waals surface area contributed by atoms with Gasteiger partial charge in [-0.15, -0.1) is 0 Å². The van der Waals surface area contributed by atoms with Crippen LogP contribution in [-0.4, -0.2) is 13.6 Å². The second-order valence-corrected chi connectivity index (χ2v) is 3.49. The Kier molecular flexibility index (Phi) is 2.46. The average Bonchev–Trinajstić information content (AvgIpc) is 2.10. The van der Waals surface area contributed by atoms with E-state index in [4.69, 9.17) is 0 Å². The van der Waals surface area contributed by atoms with Crippen LogP contribution in [0.15, 0.2) is 24.3 Å². The zero-order valence-corrected chi connectivity index (χ0v) is 8.01. The van der Waals surface area contributed by atoms with Gasteiger partial charge in [0, 0.05) is 6.54 Å². The molecule has 0 heterocycles. The number of rotatable bonds is 3. The van der Waals surface area contributed by atoms with Crippen molar-refractivity contribution >= 4 is 6.08 Å². The summed E-state index contributed by atoms with van der Waals surface area (Å²) in [7, 11) is 1.96. The average molecular weight is 173 g/mol. The minimum Gasteiger partial charge on any atom is -0.316 e. The third-order valence-electron chi connectivity index (χ3n) is 2.53. The lowest BCUT2D eigenvalue weighted by Crippen LogP contribution is -2.07. The Hall–Kier alpha value is -1.08. The van der Waals surface area contributed by atoms with Gasteiger partial charge < -0.3 is 5.32 Å². The standard InChI is InChI=1S/C12H15N/c1-13-8-2-3-10-4-5-11-6-7-12(11)9-10/h2-5,9,13H,6-8H2,1H3. The fourth-order valence-electron chi connectivity index (χ4n) is 1.63. The minimum atomic E-state index is 0.942. The first-order valence-electron chi connectivity index (χ1n) is 4.83. The van der Waals surface area contributed by atoms with Crippen LogP contribution in [0.5, 0.6) is 0 Å². The summed E-state index contributed by atoms with van der Waals surface area (Å²) < 4.78 is 0. The van der Waals surface area contributed by atoms with E-state index >= 15 is 0 Å². The SMILES string of the molecule is CNCC=Cc1ccc2c(c1)CC2. The lowest BCUT2D eigenvalue weighted by molar-refractivity contribution is 0.839. The van der Waals surface area contributed by atoms with Gasteiger partial charge in [0.1, 0.15) is 0 Å². The summed E-state index contributed by atoms with van der Waals surface area (Å²) in [5.41, 5.74) is 4.39. The Morgan fingerprint density at radius 1 is 1.31 bits per heavy atom. The highest BCUT2D eigenvalue weighted by atomic mass is 14.8. The smallest absolute Gasteiger partial charge is 0.0135 e. The van der Waals surface area contributed by atoms with Crippen LogP contribution in [0, 0.1) is 0 Å². The second-order valence-electron chi connectivity index (χ2n) is 3.49. The van der Waals surface area contributed by atoms with Crippen molar-refractivity contribution < 1.29 is 0 Å². The van der Waals surface area contributed by atoms with Gasteiger partial charge in [-0.1, -0.05) is 30.4 Å². The molecule has 0 spiro atoms. The number of benzene rings is 1. The zero-order chi connectivity index (χ0) is 9.10. The van der Waals surface area contributed by atoms with Gasteiger partial charge in [0.05, 0.1) is 0 Å². The summed E-state index contributed by atoms with van der Waals surface area (Å²) >= 11 is 0. The van der Waals surface area contributed by atoms with Gasteiger partial charge in [-0.25, -0.2) is 0 Å². The maximum atomic E-state index is 3.09. The van der Waals surface area contributed by atoms with Crippen molar-refractivity contribution in [2.45, 2.75) is 12.8 Å². The fourth-order valence-corrected chi connectivity index (χ4v) is 1.63. The van der Waals surface area contributed by atoms with Crippen molar-refractivity contribution in [2.75, 3.05) is 13.6 Å². The van der Waals surface area contributed by atoms with E-state index in [0.29, 0.717) is 0 Å². The van der Waals surface area contributed by atoms with E-state index in [0.717, 1.165) is 6.54 Å². The van der Waals surface area contributed by atoms with Crippen LogP contribution in [0.3, 0.4) is 0 Å². The Balaban J connectivity index is 2.09. The summed E-state index contributed by atoms with van der Waals surface area (Å²) in [6.07, 6.45) is 6.87. The van der Waals surface area contributed by atoms with Gasteiger partial charge in [0.25, 0.3) is 0 Å². The van der Waals surface area contributed by atoms with E-state index in [-0.39, 0.29) is 0 Å². The number of hydrogen-bond acceptors (Lipinski definition) is 1. The Morgan fingerprint density at radius 2 is 2.15 bits per heavy atom. The second kappa shape index (κ2) is 3.75. The molecule has 0 aliphatic heterocycles. The van der Waals surface area contributed by atoms with E-state index < -0.39 is 0 Å². The molecule has 0 fully saturated rings. The minimum absolute atomic E-state index is 0.942. The van der Waals surface area contributed by atoms with Crippen molar-refractivity contribution in [2.24, 2.45) is 0 Å². The van der Waals surface area contributed by atoms with Crippen LogP contribution < -0.4 is 5.32 Å². The molecule has 0 atom stereocenters. The first-order chi connectivity index (χ1) is 6.40. The van der Waals surface area contributed by atoms with Crippen LogP contribution >= 0.6 is 0 Å². The zero-order valence-electron chi connectivity index (χ0n) is 8.01. The van der Waals surface area contributed by atoms with Gasteiger partial charge >= 0.3 is 0 Å². The van der Waals surface area contributed by atoms with Gasteiger partial charge in [-0.05, 0) is 36.6 Å². The largest absolute Gasteiger partial charge is 0.316 e. The molecule has 1 aliphatic rings. The maximum absolute atomic E-state index is 3.09. The molecule has 1 N–H and O–H groups in total. The number of hydrogen-bond donors (Lipinski definition) is 1. The monoisotopic (exact) mass is 173 g/mol. The van der Waals surface area contributed by atoms with Crippen molar-refractivity contribution in [3.05, 3.63) is 41.0 Å². The molecule has 13 heavy (non-hydrogen) atoms. The Labute approximate surface area is 79.5 Å². The van der Waals surface area contributed by atoms with Crippen molar-refractivity contribution in [1.29, 1.82) is 0 Å². The Morgan fingerprint density at radius 3 is 2.77 bits per heavy atom. The summed E-state index contributed by atoms with van der Waals surface area (Å²) in [6, 6.07) is 6.74. The van der Waals surface area contributed by atoms with Crippen molar-refractivity contribution in [3.63, 3.8) is 0 Å². The molecule has 0 amide bonds. The molecule has 1 aliphatic carbocycles. The molecule has 0 radical (unpaired) electrons. The van der Waals surface area contributed by atoms with E-state index in [2.05, 4.69) is 35.7 Å². The van der Waals surface area contributed by atoms with Crippen molar-refractivity contribution in [1.82, 2.24) is 5.32 Å². The van der Waals surface area contributed by atoms with Crippen molar-refractivity contribution in [3.8, 4) is 0 Å².